The van der Waals surface area contributed by atoms with Crippen LogP contribution in [0.1, 0.15) is 41.8 Å². The smallest absolute Gasteiger partial charge is 0.263 e. The molecule has 0 saturated heterocycles. The Hall–Kier alpha value is -1.80. The molecule has 21 heavy (non-hydrogen) atoms. The molecule has 3 rings (SSSR count). The first-order valence-corrected chi connectivity index (χ1v) is 7.87. The summed E-state index contributed by atoms with van der Waals surface area (Å²) >= 11 is 1.33. The summed E-state index contributed by atoms with van der Waals surface area (Å²) in [6, 6.07) is 1.80. The minimum atomic E-state index is -0.764. The van der Waals surface area contributed by atoms with Crippen LogP contribution in [0.2, 0.25) is 0 Å². The van der Waals surface area contributed by atoms with Crippen molar-refractivity contribution in [2.24, 2.45) is 0 Å². The van der Waals surface area contributed by atoms with Crippen LogP contribution in [0.15, 0.2) is 17.8 Å². The second kappa shape index (κ2) is 5.90. The maximum atomic E-state index is 12.3. The van der Waals surface area contributed by atoms with E-state index >= 15 is 0 Å². The van der Waals surface area contributed by atoms with Crippen LogP contribution in [-0.4, -0.2) is 43.4 Å². The molecule has 1 amide bonds. The molecule has 0 aromatic carbocycles. The molecule has 0 spiro atoms. The lowest BCUT2D eigenvalue weighted by molar-refractivity contribution is 0.00529. The maximum Gasteiger partial charge on any atom is 0.263 e. The number of nitrogens with one attached hydrogen (secondary N) is 1. The number of tetrazole rings is 1. The van der Waals surface area contributed by atoms with Crippen LogP contribution in [0.25, 0.3) is 5.69 Å². The van der Waals surface area contributed by atoms with Gasteiger partial charge in [-0.15, -0.1) is 16.4 Å². The third kappa shape index (κ3) is 3.11. The van der Waals surface area contributed by atoms with E-state index in [1.54, 1.807) is 6.07 Å². The lowest BCUT2D eigenvalue weighted by atomic mass is 9.85. The Labute approximate surface area is 126 Å². The van der Waals surface area contributed by atoms with Gasteiger partial charge in [0.2, 0.25) is 0 Å². The minimum absolute atomic E-state index is 0.200. The molecule has 2 heterocycles. The van der Waals surface area contributed by atoms with Crippen molar-refractivity contribution >= 4 is 17.2 Å². The first-order chi connectivity index (χ1) is 10.2. The number of aromatic nitrogens is 4. The first-order valence-electron chi connectivity index (χ1n) is 6.99. The number of amides is 1. The summed E-state index contributed by atoms with van der Waals surface area (Å²) in [6.07, 6.45) is 6.13. The summed E-state index contributed by atoms with van der Waals surface area (Å²) in [4.78, 5) is 12.9. The van der Waals surface area contributed by atoms with Crippen molar-refractivity contribution < 1.29 is 9.90 Å². The van der Waals surface area contributed by atoms with Gasteiger partial charge in [-0.05, 0) is 34.7 Å². The normalized spacial score (nSPS) is 17.6. The largest absolute Gasteiger partial charge is 0.388 e. The number of rotatable bonds is 4. The van der Waals surface area contributed by atoms with E-state index in [-0.39, 0.29) is 5.91 Å². The van der Waals surface area contributed by atoms with Crippen LogP contribution < -0.4 is 5.32 Å². The van der Waals surface area contributed by atoms with Gasteiger partial charge in [0.05, 0.1) is 11.3 Å². The topological polar surface area (TPSA) is 92.9 Å². The van der Waals surface area contributed by atoms with Gasteiger partial charge < -0.3 is 10.4 Å². The number of carbonyl (C=O) groups excluding carboxylic acids is 1. The van der Waals surface area contributed by atoms with Crippen molar-refractivity contribution in [3.63, 3.8) is 0 Å². The van der Waals surface area contributed by atoms with E-state index in [9.17, 15) is 9.90 Å². The van der Waals surface area contributed by atoms with Crippen LogP contribution in [-0.2, 0) is 0 Å². The summed E-state index contributed by atoms with van der Waals surface area (Å²) in [6.45, 7) is 0.290. The SMILES string of the molecule is O=C(NCC1(O)CCCCC1)c1sccc1-n1cnnn1. The van der Waals surface area contributed by atoms with Gasteiger partial charge in [0, 0.05) is 6.54 Å². The van der Waals surface area contributed by atoms with Gasteiger partial charge in [-0.2, -0.15) is 4.68 Å². The Morgan fingerprint density at radius 2 is 2.24 bits per heavy atom. The van der Waals surface area contributed by atoms with Gasteiger partial charge in [0.25, 0.3) is 5.91 Å². The maximum absolute atomic E-state index is 12.3. The predicted octanol–water partition coefficient (Wildman–Crippen LogP) is 1.15. The molecule has 1 aliphatic rings. The standard InChI is InChI=1S/C13H17N5O2S/c19-12(14-8-13(20)5-2-1-3-6-13)11-10(4-7-21-11)18-9-15-16-17-18/h4,7,9,20H,1-3,5-6,8H2,(H,14,19). The van der Waals surface area contributed by atoms with Crippen LogP contribution in [0.3, 0.4) is 0 Å². The molecule has 2 aromatic heterocycles. The number of nitrogens with zero attached hydrogens (tertiary/aromatic N) is 4. The van der Waals surface area contributed by atoms with Crippen LogP contribution in [0.5, 0.6) is 0 Å². The van der Waals surface area contributed by atoms with Crippen LogP contribution in [0, 0.1) is 0 Å². The number of aliphatic hydroxyl groups is 1. The van der Waals surface area contributed by atoms with Gasteiger partial charge in [0.1, 0.15) is 11.2 Å². The Balaban J connectivity index is 1.68. The van der Waals surface area contributed by atoms with E-state index in [0.29, 0.717) is 17.1 Å². The minimum Gasteiger partial charge on any atom is -0.388 e. The Morgan fingerprint density at radius 1 is 1.43 bits per heavy atom. The van der Waals surface area contributed by atoms with Gasteiger partial charge >= 0.3 is 0 Å². The van der Waals surface area contributed by atoms with Gasteiger partial charge in [-0.1, -0.05) is 19.3 Å². The van der Waals surface area contributed by atoms with Crippen LogP contribution >= 0.6 is 11.3 Å². The monoisotopic (exact) mass is 307 g/mol. The fourth-order valence-corrected chi connectivity index (χ4v) is 3.43. The Bertz CT molecular complexity index is 604. The molecule has 0 radical (unpaired) electrons. The summed E-state index contributed by atoms with van der Waals surface area (Å²) in [5.41, 5.74) is -0.113. The van der Waals surface area contributed by atoms with Gasteiger partial charge in [-0.3, -0.25) is 4.79 Å². The van der Waals surface area contributed by atoms with Crippen molar-refractivity contribution in [2.45, 2.75) is 37.7 Å². The van der Waals surface area contributed by atoms with E-state index in [2.05, 4.69) is 20.8 Å². The molecule has 1 aliphatic carbocycles. The summed E-state index contributed by atoms with van der Waals surface area (Å²) in [5.74, 6) is -0.200. The molecule has 0 aliphatic heterocycles. The van der Waals surface area contributed by atoms with E-state index in [1.807, 2.05) is 5.38 Å². The van der Waals surface area contributed by atoms with Crippen molar-refractivity contribution in [3.05, 3.63) is 22.7 Å². The quantitative estimate of drug-likeness (QED) is 0.884. The molecule has 2 N–H and O–H groups in total. The molecule has 0 unspecified atom stereocenters. The van der Waals surface area contributed by atoms with Crippen molar-refractivity contribution in [3.8, 4) is 5.69 Å². The second-order valence-electron chi connectivity index (χ2n) is 5.36. The molecular formula is C13H17N5O2S. The second-order valence-corrected chi connectivity index (χ2v) is 6.27. The third-order valence-corrected chi connectivity index (χ3v) is 4.71. The first kappa shape index (κ1) is 14.2. The zero-order valence-corrected chi connectivity index (χ0v) is 12.3. The average molecular weight is 307 g/mol. The van der Waals surface area contributed by atoms with E-state index in [0.717, 1.165) is 32.1 Å². The molecule has 8 heteroatoms. The zero-order chi connectivity index (χ0) is 14.7. The number of thiophene rings is 1. The lowest BCUT2D eigenvalue weighted by Gasteiger charge is -2.32. The fourth-order valence-electron chi connectivity index (χ4n) is 2.64. The van der Waals surface area contributed by atoms with E-state index in [4.69, 9.17) is 0 Å². The highest BCUT2D eigenvalue weighted by Gasteiger charge is 2.30. The fraction of sp³-hybridized carbons (Fsp3) is 0.538. The molecule has 1 saturated carbocycles. The van der Waals surface area contributed by atoms with E-state index in [1.165, 1.54) is 22.3 Å². The molecule has 2 aromatic rings. The molecule has 1 fully saturated rings. The summed E-state index contributed by atoms with van der Waals surface area (Å²) in [5, 5.41) is 26.0. The highest BCUT2D eigenvalue weighted by Crippen LogP contribution is 2.27. The number of hydrogen-bond donors (Lipinski definition) is 2. The summed E-state index contributed by atoms with van der Waals surface area (Å²) < 4.78 is 1.46. The van der Waals surface area contributed by atoms with Crippen molar-refractivity contribution in [1.29, 1.82) is 0 Å². The third-order valence-electron chi connectivity index (χ3n) is 3.81. The Morgan fingerprint density at radius 3 is 2.95 bits per heavy atom. The van der Waals surface area contributed by atoms with Gasteiger partial charge in [0.15, 0.2) is 0 Å². The van der Waals surface area contributed by atoms with E-state index < -0.39 is 5.60 Å². The predicted molar refractivity (Wildman–Crippen MR) is 77.4 cm³/mol. The lowest BCUT2D eigenvalue weighted by Crippen LogP contribution is -2.44. The number of hydrogen-bond acceptors (Lipinski definition) is 6. The Kier molecular flexibility index (Phi) is 3.98. The van der Waals surface area contributed by atoms with Gasteiger partial charge in [-0.25, -0.2) is 0 Å². The van der Waals surface area contributed by atoms with Crippen molar-refractivity contribution in [1.82, 2.24) is 25.5 Å². The highest BCUT2D eigenvalue weighted by molar-refractivity contribution is 7.12. The highest BCUT2D eigenvalue weighted by atomic mass is 32.1. The number of carbonyl (C=O) groups is 1. The molecule has 112 valence electrons. The van der Waals surface area contributed by atoms with Crippen molar-refractivity contribution in [2.75, 3.05) is 6.54 Å². The molecular weight excluding hydrogens is 290 g/mol. The average Bonchev–Trinajstić information content (AvgIpc) is 3.16. The van der Waals surface area contributed by atoms with Crippen LogP contribution in [0.4, 0.5) is 0 Å². The molecule has 7 nitrogen and oxygen atoms in total. The zero-order valence-electron chi connectivity index (χ0n) is 11.5. The molecule has 0 atom stereocenters. The molecule has 0 bridgehead atoms. The summed E-state index contributed by atoms with van der Waals surface area (Å²) in [7, 11) is 0.